The molecule has 112 valence electrons. The fourth-order valence-corrected chi connectivity index (χ4v) is 2.57. The maximum Gasteiger partial charge on any atom is 0.0991 e. The fourth-order valence-electron chi connectivity index (χ4n) is 2.57. The Morgan fingerprint density at radius 3 is 2.35 bits per heavy atom. The number of terminal acetylenes is 1. The minimum Gasteiger partial charge on any atom is -0.192 e. The molecule has 0 spiro atoms. The fraction of sp³-hybridized carbons (Fsp3) is 0.136. The van der Waals surface area contributed by atoms with Gasteiger partial charge in [0, 0.05) is 12.3 Å². The first-order chi connectivity index (χ1) is 11.3. The van der Waals surface area contributed by atoms with Gasteiger partial charge in [-0.1, -0.05) is 66.3 Å². The second-order valence-electron chi connectivity index (χ2n) is 5.32. The van der Waals surface area contributed by atoms with Crippen LogP contribution in [0.1, 0.15) is 36.0 Å². The molecule has 23 heavy (non-hydrogen) atoms. The van der Waals surface area contributed by atoms with Crippen molar-refractivity contribution in [1.82, 2.24) is 0 Å². The third kappa shape index (κ3) is 4.47. The van der Waals surface area contributed by atoms with Crippen LogP contribution in [0.4, 0.5) is 0 Å². The zero-order chi connectivity index (χ0) is 16.5. The maximum atomic E-state index is 8.97. The number of hydrogen-bond acceptors (Lipinski definition) is 1. The Morgan fingerprint density at radius 2 is 1.74 bits per heavy atom. The van der Waals surface area contributed by atoms with Gasteiger partial charge in [0.25, 0.3) is 0 Å². The standard InChI is InChI=1S/C22H19N/c1-3-4-5-7-10-18(2)22(20-11-8-6-9-12-20)21-15-13-19(17-23)14-16-21/h1,5-16,22H,4H2,2H3/b7-5-,18-10+. The van der Waals surface area contributed by atoms with Crippen LogP contribution in [0, 0.1) is 23.7 Å². The van der Waals surface area contributed by atoms with E-state index < -0.39 is 0 Å². The Labute approximate surface area is 138 Å². The van der Waals surface area contributed by atoms with Crippen LogP contribution in [-0.2, 0) is 0 Å². The summed E-state index contributed by atoms with van der Waals surface area (Å²) < 4.78 is 0. The van der Waals surface area contributed by atoms with Gasteiger partial charge in [-0.05, 0) is 30.2 Å². The molecular weight excluding hydrogens is 278 g/mol. The number of rotatable bonds is 5. The molecule has 1 heteroatoms. The van der Waals surface area contributed by atoms with Crippen molar-refractivity contribution in [1.29, 1.82) is 5.26 Å². The summed E-state index contributed by atoms with van der Waals surface area (Å²) in [5, 5.41) is 8.97. The van der Waals surface area contributed by atoms with Crippen LogP contribution in [0.5, 0.6) is 0 Å². The number of hydrogen-bond donors (Lipinski definition) is 0. The Morgan fingerprint density at radius 1 is 1.09 bits per heavy atom. The summed E-state index contributed by atoms with van der Waals surface area (Å²) >= 11 is 0. The van der Waals surface area contributed by atoms with Crippen molar-refractivity contribution in [2.24, 2.45) is 0 Å². The summed E-state index contributed by atoms with van der Waals surface area (Å²) in [5.41, 5.74) is 4.32. The Balaban J connectivity index is 2.40. The van der Waals surface area contributed by atoms with E-state index in [4.69, 9.17) is 11.7 Å². The lowest BCUT2D eigenvalue weighted by molar-refractivity contribution is 0.946. The average molecular weight is 297 g/mol. The Bertz CT molecular complexity index is 765. The van der Waals surface area contributed by atoms with Crippen molar-refractivity contribution < 1.29 is 0 Å². The second kappa shape index (κ2) is 8.42. The van der Waals surface area contributed by atoms with Crippen molar-refractivity contribution in [2.45, 2.75) is 19.3 Å². The number of nitriles is 1. The van der Waals surface area contributed by atoms with Crippen molar-refractivity contribution in [3.63, 3.8) is 0 Å². The molecule has 0 aliphatic carbocycles. The minimum absolute atomic E-state index is 0.166. The molecule has 2 aromatic rings. The molecule has 0 saturated heterocycles. The smallest absolute Gasteiger partial charge is 0.0991 e. The molecule has 0 aromatic heterocycles. The third-order valence-electron chi connectivity index (χ3n) is 3.69. The van der Waals surface area contributed by atoms with Crippen LogP contribution in [0.15, 0.2) is 78.4 Å². The first-order valence-corrected chi connectivity index (χ1v) is 7.58. The predicted molar refractivity (Wildman–Crippen MR) is 95.8 cm³/mol. The topological polar surface area (TPSA) is 23.8 Å². The van der Waals surface area contributed by atoms with Gasteiger partial charge in [0.1, 0.15) is 0 Å². The van der Waals surface area contributed by atoms with Crippen molar-refractivity contribution in [2.75, 3.05) is 0 Å². The van der Waals surface area contributed by atoms with Gasteiger partial charge in [0.2, 0.25) is 0 Å². The molecule has 1 nitrogen and oxygen atoms in total. The molecule has 2 rings (SSSR count). The molecule has 0 fully saturated rings. The molecule has 0 amide bonds. The molecule has 0 aliphatic heterocycles. The summed E-state index contributed by atoms with van der Waals surface area (Å²) in [7, 11) is 0. The maximum absolute atomic E-state index is 8.97. The van der Waals surface area contributed by atoms with Crippen molar-refractivity contribution in [3.8, 4) is 18.4 Å². The molecule has 0 heterocycles. The molecule has 0 aliphatic rings. The highest BCUT2D eigenvalue weighted by atomic mass is 14.2. The number of nitrogens with zero attached hydrogens (tertiary/aromatic N) is 1. The largest absolute Gasteiger partial charge is 0.192 e. The van der Waals surface area contributed by atoms with Crippen LogP contribution < -0.4 is 0 Å². The molecule has 1 unspecified atom stereocenters. The number of allylic oxidation sites excluding steroid dienone is 4. The summed E-state index contributed by atoms with van der Waals surface area (Å²) in [6.45, 7) is 2.12. The first-order valence-electron chi connectivity index (χ1n) is 7.58. The van der Waals surface area contributed by atoms with Gasteiger partial charge in [-0.25, -0.2) is 0 Å². The van der Waals surface area contributed by atoms with E-state index in [0.717, 1.165) is 0 Å². The average Bonchev–Trinajstić information content (AvgIpc) is 2.60. The van der Waals surface area contributed by atoms with Gasteiger partial charge < -0.3 is 0 Å². The van der Waals surface area contributed by atoms with E-state index in [9.17, 15) is 0 Å². The molecular formula is C22H19N. The zero-order valence-electron chi connectivity index (χ0n) is 13.2. The minimum atomic E-state index is 0.166. The first kappa shape index (κ1) is 16.3. The Hall–Kier alpha value is -3.03. The van der Waals surface area contributed by atoms with Gasteiger partial charge in [-0.3, -0.25) is 0 Å². The summed E-state index contributed by atoms with van der Waals surface area (Å²) in [6, 6.07) is 20.3. The third-order valence-corrected chi connectivity index (χ3v) is 3.69. The van der Waals surface area contributed by atoms with Crippen LogP contribution in [0.3, 0.4) is 0 Å². The molecule has 0 radical (unpaired) electrons. The molecule has 0 N–H and O–H groups in total. The lowest BCUT2D eigenvalue weighted by Crippen LogP contribution is -2.02. The van der Waals surface area contributed by atoms with Crippen LogP contribution in [0.2, 0.25) is 0 Å². The highest BCUT2D eigenvalue weighted by molar-refractivity contribution is 5.43. The van der Waals surface area contributed by atoms with E-state index in [1.54, 1.807) is 0 Å². The lowest BCUT2D eigenvalue weighted by Gasteiger charge is -2.19. The highest BCUT2D eigenvalue weighted by Crippen LogP contribution is 2.31. The van der Waals surface area contributed by atoms with Gasteiger partial charge in [-0.15, -0.1) is 12.3 Å². The van der Waals surface area contributed by atoms with E-state index in [0.29, 0.717) is 12.0 Å². The van der Waals surface area contributed by atoms with E-state index in [2.05, 4.69) is 37.1 Å². The molecule has 2 aromatic carbocycles. The van der Waals surface area contributed by atoms with Gasteiger partial charge in [0.05, 0.1) is 11.6 Å². The predicted octanol–water partition coefficient (Wildman–Crippen LogP) is 5.22. The van der Waals surface area contributed by atoms with Crippen molar-refractivity contribution >= 4 is 0 Å². The van der Waals surface area contributed by atoms with Gasteiger partial charge in [0.15, 0.2) is 0 Å². The summed E-state index contributed by atoms with van der Waals surface area (Å²) in [6.07, 6.45) is 12.0. The quantitative estimate of drug-likeness (QED) is 0.548. The summed E-state index contributed by atoms with van der Waals surface area (Å²) in [5.74, 6) is 2.77. The van der Waals surface area contributed by atoms with E-state index in [-0.39, 0.29) is 5.92 Å². The lowest BCUT2D eigenvalue weighted by atomic mass is 9.85. The normalized spacial score (nSPS) is 12.6. The molecule has 0 bridgehead atoms. The van der Waals surface area contributed by atoms with E-state index in [1.165, 1.54) is 16.7 Å². The Kier molecular flexibility index (Phi) is 5.98. The van der Waals surface area contributed by atoms with Crippen LogP contribution in [0.25, 0.3) is 0 Å². The van der Waals surface area contributed by atoms with E-state index >= 15 is 0 Å². The van der Waals surface area contributed by atoms with Crippen LogP contribution in [-0.4, -0.2) is 0 Å². The van der Waals surface area contributed by atoms with E-state index in [1.807, 2.05) is 54.6 Å². The van der Waals surface area contributed by atoms with Gasteiger partial charge in [-0.2, -0.15) is 5.26 Å². The zero-order valence-corrected chi connectivity index (χ0v) is 13.2. The van der Waals surface area contributed by atoms with Crippen LogP contribution >= 0.6 is 0 Å². The van der Waals surface area contributed by atoms with Crippen molar-refractivity contribution in [3.05, 3.63) is 95.1 Å². The molecule has 0 saturated carbocycles. The SMILES string of the molecule is C#CC/C=C\C=C(/C)C(c1ccccc1)c1ccc(C#N)cc1. The highest BCUT2D eigenvalue weighted by Gasteiger charge is 2.15. The van der Waals surface area contributed by atoms with Gasteiger partial charge >= 0.3 is 0 Å². The number of benzene rings is 2. The second-order valence-corrected chi connectivity index (χ2v) is 5.32. The molecule has 1 atom stereocenters. The summed E-state index contributed by atoms with van der Waals surface area (Å²) in [4.78, 5) is 0. The monoisotopic (exact) mass is 297 g/mol.